The average molecular weight is 320 g/mol. The summed E-state index contributed by atoms with van der Waals surface area (Å²) in [6, 6.07) is 5.20. The predicted molar refractivity (Wildman–Crippen MR) is 70.7 cm³/mol. The van der Waals surface area contributed by atoms with E-state index in [0.717, 1.165) is 18.2 Å². The lowest BCUT2D eigenvalue weighted by Crippen LogP contribution is -2.09. The molecule has 0 unspecified atom stereocenters. The molecule has 2 rings (SSSR count). The molecular formula is C14H10F6N2. The highest BCUT2D eigenvalue weighted by Crippen LogP contribution is 2.39. The molecule has 0 atom stereocenters. The molecule has 2 aromatic carbocycles. The van der Waals surface area contributed by atoms with E-state index in [2.05, 4.69) is 0 Å². The van der Waals surface area contributed by atoms with Crippen LogP contribution in [0.25, 0.3) is 11.1 Å². The SMILES string of the molecule is Nc1cc(C(F)(F)F)cc(-c2cccc(C(F)(F)F)c2)c1N. The van der Waals surface area contributed by atoms with Gasteiger partial charge in [0.05, 0.1) is 22.5 Å². The van der Waals surface area contributed by atoms with Gasteiger partial charge in [-0.1, -0.05) is 12.1 Å². The van der Waals surface area contributed by atoms with Crippen LogP contribution in [0.3, 0.4) is 0 Å². The summed E-state index contributed by atoms with van der Waals surface area (Å²) < 4.78 is 76.5. The van der Waals surface area contributed by atoms with Crippen LogP contribution >= 0.6 is 0 Å². The highest BCUT2D eigenvalue weighted by molar-refractivity contribution is 5.85. The molecule has 0 heterocycles. The fraction of sp³-hybridized carbons (Fsp3) is 0.143. The van der Waals surface area contributed by atoms with Crippen molar-refractivity contribution < 1.29 is 26.3 Å². The fourth-order valence-electron chi connectivity index (χ4n) is 1.94. The lowest BCUT2D eigenvalue weighted by molar-refractivity contribution is -0.138. The Kier molecular flexibility index (Phi) is 3.72. The summed E-state index contributed by atoms with van der Waals surface area (Å²) in [6.45, 7) is 0. The molecule has 0 aliphatic heterocycles. The molecular weight excluding hydrogens is 310 g/mol. The van der Waals surface area contributed by atoms with E-state index in [1.54, 1.807) is 0 Å². The van der Waals surface area contributed by atoms with Gasteiger partial charge < -0.3 is 11.5 Å². The molecule has 0 saturated carbocycles. The van der Waals surface area contributed by atoms with E-state index in [4.69, 9.17) is 11.5 Å². The zero-order valence-electron chi connectivity index (χ0n) is 10.9. The van der Waals surface area contributed by atoms with Gasteiger partial charge in [-0.2, -0.15) is 26.3 Å². The van der Waals surface area contributed by atoms with Crippen LogP contribution in [0, 0.1) is 0 Å². The van der Waals surface area contributed by atoms with Crippen LogP contribution in [0.2, 0.25) is 0 Å². The highest BCUT2D eigenvalue weighted by atomic mass is 19.4. The Morgan fingerprint density at radius 1 is 0.727 bits per heavy atom. The van der Waals surface area contributed by atoms with Crippen LogP contribution in [0.4, 0.5) is 37.7 Å². The average Bonchev–Trinajstić information content (AvgIpc) is 2.39. The van der Waals surface area contributed by atoms with Gasteiger partial charge in [-0.3, -0.25) is 0 Å². The smallest absolute Gasteiger partial charge is 0.397 e. The Morgan fingerprint density at radius 2 is 1.32 bits per heavy atom. The molecule has 0 aliphatic rings. The third-order valence-corrected chi connectivity index (χ3v) is 3.04. The van der Waals surface area contributed by atoms with E-state index in [0.29, 0.717) is 12.1 Å². The van der Waals surface area contributed by atoms with E-state index in [1.165, 1.54) is 6.07 Å². The Morgan fingerprint density at radius 3 is 1.86 bits per heavy atom. The maximum absolute atomic E-state index is 12.8. The van der Waals surface area contributed by atoms with Crippen molar-refractivity contribution in [3.05, 3.63) is 47.5 Å². The third-order valence-electron chi connectivity index (χ3n) is 3.04. The minimum absolute atomic E-state index is 0.0925. The molecule has 4 N–H and O–H groups in total. The number of hydrogen-bond donors (Lipinski definition) is 2. The van der Waals surface area contributed by atoms with Gasteiger partial charge in [0.25, 0.3) is 0 Å². The van der Waals surface area contributed by atoms with Crippen molar-refractivity contribution in [2.45, 2.75) is 12.4 Å². The van der Waals surface area contributed by atoms with Crippen LogP contribution in [-0.2, 0) is 12.4 Å². The van der Waals surface area contributed by atoms with Gasteiger partial charge >= 0.3 is 12.4 Å². The Hall–Kier alpha value is -2.38. The van der Waals surface area contributed by atoms with Gasteiger partial charge in [0.1, 0.15) is 0 Å². The largest absolute Gasteiger partial charge is 0.416 e. The third kappa shape index (κ3) is 3.10. The minimum atomic E-state index is -4.68. The number of rotatable bonds is 1. The molecule has 0 bridgehead atoms. The first-order valence-corrected chi connectivity index (χ1v) is 5.94. The first kappa shape index (κ1) is 16.0. The summed E-state index contributed by atoms with van der Waals surface area (Å²) in [5, 5.41) is 0. The number of benzene rings is 2. The van der Waals surface area contributed by atoms with E-state index in [-0.39, 0.29) is 22.5 Å². The summed E-state index contributed by atoms with van der Waals surface area (Å²) in [5.41, 5.74) is 8.15. The maximum atomic E-state index is 12.8. The second kappa shape index (κ2) is 5.11. The zero-order valence-corrected chi connectivity index (χ0v) is 10.9. The predicted octanol–water partition coefficient (Wildman–Crippen LogP) is 4.56. The molecule has 2 aromatic rings. The normalized spacial score (nSPS) is 12.5. The van der Waals surface area contributed by atoms with Gasteiger partial charge in [0.15, 0.2) is 0 Å². The van der Waals surface area contributed by atoms with Crippen molar-refractivity contribution in [2.24, 2.45) is 0 Å². The molecule has 0 fully saturated rings. The van der Waals surface area contributed by atoms with Crippen molar-refractivity contribution in [3.8, 4) is 11.1 Å². The number of nitrogen functional groups attached to an aromatic ring is 2. The summed E-state index contributed by atoms with van der Waals surface area (Å²) in [7, 11) is 0. The standard InChI is InChI=1S/C14H10F6N2/c15-13(16,17)8-3-1-2-7(4-8)10-5-9(14(18,19)20)6-11(21)12(10)22/h1-6H,21-22H2. The van der Waals surface area contributed by atoms with Gasteiger partial charge in [0, 0.05) is 5.56 Å². The van der Waals surface area contributed by atoms with Gasteiger partial charge in [-0.05, 0) is 29.8 Å². The number of alkyl halides is 6. The van der Waals surface area contributed by atoms with Crippen molar-refractivity contribution in [3.63, 3.8) is 0 Å². The summed E-state index contributed by atoms with van der Waals surface area (Å²) in [6.07, 6.45) is -9.30. The molecule has 118 valence electrons. The van der Waals surface area contributed by atoms with E-state index < -0.39 is 23.5 Å². The van der Waals surface area contributed by atoms with Crippen molar-refractivity contribution >= 4 is 11.4 Å². The fourth-order valence-corrected chi connectivity index (χ4v) is 1.94. The van der Waals surface area contributed by atoms with Crippen molar-refractivity contribution in [2.75, 3.05) is 11.5 Å². The van der Waals surface area contributed by atoms with Gasteiger partial charge in [-0.15, -0.1) is 0 Å². The minimum Gasteiger partial charge on any atom is -0.397 e. The quantitative estimate of drug-likeness (QED) is 0.598. The topological polar surface area (TPSA) is 52.0 Å². The molecule has 0 radical (unpaired) electrons. The van der Waals surface area contributed by atoms with Gasteiger partial charge in [-0.25, -0.2) is 0 Å². The lowest BCUT2D eigenvalue weighted by Gasteiger charge is -2.15. The first-order valence-electron chi connectivity index (χ1n) is 5.94. The Labute approximate surface area is 121 Å². The van der Waals surface area contributed by atoms with Crippen LogP contribution in [-0.4, -0.2) is 0 Å². The number of anilines is 2. The second-order valence-corrected chi connectivity index (χ2v) is 4.60. The van der Waals surface area contributed by atoms with Crippen LogP contribution in [0.5, 0.6) is 0 Å². The number of nitrogens with two attached hydrogens (primary N) is 2. The molecule has 8 heteroatoms. The molecule has 0 aliphatic carbocycles. The number of halogens is 6. The van der Waals surface area contributed by atoms with E-state index in [1.807, 2.05) is 0 Å². The Bertz CT molecular complexity index is 703. The van der Waals surface area contributed by atoms with Crippen LogP contribution in [0.15, 0.2) is 36.4 Å². The van der Waals surface area contributed by atoms with Crippen LogP contribution in [0.1, 0.15) is 11.1 Å². The molecule has 0 aromatic heterocycles. The van der Waals surface area contributed by atoms with Gasteiger partial charge in [0.2, 0.25) is 0 Å². The molecule has 0 amide bonds. The summed E-state index contributed by atoms with van der Waals surface area (Å²) in [5.74, 6) is 0. The monoisotopic (exact) mass is 320 g/mol. The summed E-state index contributed by atoms with van der Waals surface area (Å²) in [4.78, 5) is 0. The second-order valence-electron chi connectivity index (χ2n) is 4.60. The molecule has 2 nitrogen and oxygen atoms in total. The Balaban J connectivity index is 2.65. The molecule has 0 spiro atoms. The lowest BCUT2D eigenvalue weighted by atomic mass is 9.98. The van der Waals surface area contributed by atoms with E-state index >= 15 is 0 Å². The van der Waals surface area contributed by atoms with Crippen molar-refractivity contribution in [1.29, 1.82) is 0 Å². The van der Waals surface area contributed by atoms with Crippen LogP contribution < -0.4 is 11.5 Å². The zero-order chi connectivity index (χ0) is 16.7. The first-order chi connectivity index (χ1) is 10.00. The number of hydrogen-bond acceptors (Lipinski definition) is 2. The molecule has 0 saturated heterocycles. The van der Waals surface area contributed by atoms with Crippen molar-refractivity contribution in [1.82, 2.24) is 0 Å². The highest BCUT2D eigenvalue weighted by Gasteiger charge is 2.33. The summed E-state index contributed by atoms with van der Waals surface area (Å²) >= 11 is 0. The molecule has 22 heavy (non-hydrogen) atoms. The van der Waals surface area contributed by atoms with E-state index in [9.17, 15) is 26.3 Å². The maximum Gasteiger partial charge on any atom is 0.416 e.